The number of amides is 1. The van der Waals surface area contributed by atoms with Gasteiger partial charge in [0, 0.05) is 32.4 Å². The molecule has 1 atom stereocenters. The molecule has 0 saturated carbocycles. The number of fused-ring (bicyclic) bond motifs is 1. The Balaban J connectivity index is 1.63. The number of nitrogens with zero attached hydrogens (tertiary/aromatic N) is 4. The van der Waals surface area contributed by atoms with Crippen LogP contribution >= 0.6 is 0 Å². The van der Waals surface area contributed by atoms with Crippen LogP contribution in [0.15, 0.2) is 48.2 Å². The smallest absolute Gasteiger partial charge is 0.295 e. The lowest BCUT2D eigenvalue weighted by molar-refractivity contribution is -0.140. The van der Waals surface area contributed by atoms with E-state index in [0.29, 0.717) is 42.4 Å². The second-order valence-corrected chi connectivity index (χ2v) is 8.93. The van der Waals surface area contributed by atoms with Crippen LogP contribution in [-0.4, -0.2) is 75.4 Å². The number of aliphatic hydroxyl groups excluding tert-OH is 1. The van der Waals surface area contributed by atoms with Crippen molar-refractivity contribution in [1.29, 1.82) is 0 Å². The van der Waals surface area contributed by atoms with Crippen LogP contribution in [0.4, 0.5) is 4.39 Å². The van der Waals surface area contributed by atoms with Crippen molar-refractivity contribution in [3.63, 3.8) is 0 Å². The highest BCUT2D eigenvalue weighted by Crippen LogP contribution is 2.40. The molecule has 2 aliphatic rings. The van der Waals surface area contributed by atoms with Crippen molar-refractivity contribution >= 4 is 23.1 Å². The molecule has 0 bridgehead atoms. The number of aromatic nitrogens is 2. The molecular formula is C26H27FN4O4. The highest BCUT2D eigenvalue weighted by atomic mass is 19.1. The Hall–Kier alpha value is -3.56. The second kappa shape index (κ2) is 9.24. The summed E-state index contributed by atoms with van der Waals surface area (Å²) < 4.78 is 21.3. The molecule has 182 valence electrons. The number of aliphatic hydroxyl groups is 1. The van der Waals surface area contributed by atoms with Gasteiger partial charge in [-0.05, 0) is 43.2 Å². The molecule has 0 aliphatic carbocycles. The van der Waals surface area contributed by atoms with Gasteiger partial charge in [-0.2, -0.15) is 0 Å². The Morgan fingerprint density at radius 1 is 1.14 bits per heavy atom. The Morgan fingerprint density at radius 3 is 2.66 bits per heavy atom. The van der Waals surface area contributed by atoms with E-state index in [0.717, 1.165) is 18.7 Å². The summed E-state index contributed by atoms with van der Waals surface area (Å²) in [7, 11) is 0. The number of aryl methyl sites for hydroxylation is 2. The van der Waals surface area contributed by atoms with Crippen molar-refractivity contribution in [3.8, 4) is 0 Å². The number of hydrogen-bond donors (Lipinski definition) is 1. The lowest BCUT2D eigenvalue weighted by Gasteiger charge is -2.31. The number of imidazole rings is 1. The summed E-state index contributed by atoms with van der Waals surface area (Å²) in [6.45, 7) is 7.13. The molecule has 0 spiro atoms. The van der Waals surface area contributed by atoms with Crippen LogP contribution in [0.1, 0.15) is 28.6 Å². The van der Waals surface area contributed by atoms with Crippen molar-refractivity contribution in [2.45, 2.75) is 19.9 Å². The van der Waals surface area contributed by atoms with E-state index in [-0.39, 0.29) is 17.9 Å². The predicted octanol–water partition coefficient (Wildman–Crippen LogP) is 2.84. The minimum Gasteiger partial charge on any atom is -0.505 e. The van der Waals surface area contributed by atoms with Crippen LogP contribution in [-0.2, 0) is 14.3 Å². The highest BCUT2D eigenvalue weighted by molar-refractivity contribution is 6.46. The Kier molecular flexibility index (Phi) is 6.12. The number of benzene rings is 1. The third-order valence-electron chi connectivity index (χ3n) is 6.71. The lowest BCUT2D eigenvalue weighted by atomic mass is 9.96. The number of hydrogen-bond acceptors (Lipinski definition) is 6. The number of rotatable bonds is 5. The van der Waals surface area contributed by atoms with E-state index in [1.807, 2.05) is 19.1 Å². The Bertz CT molecular complexity index is 1340. The van der Waals surface area contributed by atoms with Crippen LogP contribution < -0.4 is 0 Å². The highest BCUT2D eigenvalue weighted by Gasteiger charge is 2.46. The molecule has 9 heteroatoms. The SMILES string of the molecule is Cc1nc2c(C)cccn2c1/C(O)=C1\C(=O)C(=O)N(CCN2CCOCC2)[C@@H]1c1cccc(F)c1. The standard InChI is InChI=1S/C26H27FN4O4/c1-16-5-4-8-30-21(17(2)28-25(16)30)23(32)20-22(18-6-3-7-19(27)15-18)31(26(34)24(20)33)10-9-29-11-13-35-14-12-29/h3-8,15,22,32H,9-14H2,1-2H3/b23-20+/t22-/m1/s1. The summed E-state index contributed by atoms with van der Waals surface area (Å²) in [5.74, 6) is -2.30. The fourth-order valence-electron chi connectivity index (χ4n) is 4.94. The van der Waals surface area contributed by atoms with Gasteiger partial charge in [0.25, 0.3) is 11.7 Å². The van der Waals surface area contributed by atoms with E-state index in [2.05, 4.69) is 9.88 Å². The molecule has 8 nitrogen and oxygen atoms in total. The first-order valence-corrected chi connectivity index (χ1v) is 11.7. The normalized spacial score (nSPS) is 20.8. The quantitative estimate of drug-likeness (QED) is 0.345. The van der Waals surface area contributed by atoms with Crippen molar-refractivity contribution in [2.24, 2.45) is 0 Å². The molecule has 0 unspecified atom stereocenters. The van der Waals surface area contributed by atoms with Crippen molar-refractivity contribution in [1.82, 2.24) is 19.2 Å². The summed E-state index contributed by atoms with van der Waals surface area (Å²) in [6.07, 6.45) is 1.75. The van der Waals surface area contributed by atoms with Gasteiger partial charge < -0.3 is 14.7 Å². The molecule has 2 saturated heterocycles. The largest absolute Gasteiger partial charge is 0.505 e. The number of ether oxygens (including phenoxy) is 1. The number of carbonyl (C=O) groups is 2. The number of pyridine rings is 1. The first-order chi connectivity index (χ1) is 16.9. The molecule has 35 heavy (non-hydrogen) atoms. The van der Waals surface area contributed by atoms with Crippen molar-refractivity contribution in [2.75, 3.05) is 39.4 Å². The van der Waals surface area contributed by atoms with Crippen LogP contribution in [0.25, 0.3) is 11.4 Å². The molecule has 1 aromatic carbocycles. The first-order valence-electron chi connectivity index (χ1n) is 11.7. The third-order valence-corrected chi connectivity index (χ3v) is 6.71. The monoisotopic (exact) mass is 478 g/mol. The molecule has 3 aromatic rings. The van der Waals surface area contributed by atoms with Gasteiger partial charge in [0.15, 0.2) is 5.76 Å². The van der Waals surface area contributed by atoms with E-state index in [9.17, 15) is 19.1 Å². The minimum atomic E-state index is -0.915. The van der Waals surface area contributed by atoms with Gasteiger partial charge in [0.1, 0.15) is 17.2 Å². The Morgan fingerprint density at radius 2 is 1.91 bits per heavy atom. The average Bonchev–Trinajstić information content (AvgIpc) is 3.32. The van der Waals surface area contributed by atoms with Crippen molar-refractivity contribution in [3.05, 3.63) is 76.5 Å². The van der Waals surface area contributed by atoms with Gasteiger partial charge in [-0.1, -0.05) is 18.2 Å². The molecular weight excluding hydrogens is 451 g/mol. The number of likely N-dealkylation sites (tertiary alicyclic amines) is 1. The zero-order valence-corrected chi connectivity index (χ0v) is 19.7. The number of Topliss-reactive ketones (excluding diaryl/α,β-unsaturated/α-hetero) is 1. The third kappa shape index (κ3) is 4.11. The summed E-state index contributed by atoms with van der Waals surface area (Å²) in [5, 5.41) is 11.5. The number of carbonyl (C=O) groups excluding carboxylic acids is 2. The molecule has 4 heterocycles. The van der Waals surface area contributed by atoms with Gasteiger partial charge >= 0.3 is 0 Å². The number of ketones is 1. The molecule has 0 radical (unpaired) electrons. The Labute approximate surface area is 202 Å². The topological polar surface area (TPSA) is 87.4 Å². The fourth-order valence-corrected chi connectivity index (χ4v) is 4.94. The second-order valence-electron chi connectivity index (χ2n) is 8.93. The van der Waals surface area contributed by atoms with Crippen LogP contribution in [0.5, 0.6) is 0 Å². The summed E-state index contributed by atoms with van der Waals surface area (Å²) in [6, 6.07) is 8.63. The minimum absolute atomic E-state index is 0.0611. The molecule has 1 N–H and O–H groups in total. The van der Waals surface area contributed by atoms with Gasteiger partial charge in [0.2, 0.25) is 0 Å². The van der Waals surface area contributed by atoms with Gasteiger partial charge in [0.05, 0.1) is 30.5 Å². The van der Waals surface area contributed by atoms with Gasteiger partial charge in [-0.3, -0.25) is 18.9 Å². The van der Waals surface area contributed by atoms with Gasteiger partial charge in [-0.25, -0.2) is 9.37 Å². The number of halogens is 1. The summed E-state index contributed by atoms with van der Waals surface area (Å²) >= 11 is 0. The van der Waals surface area contributed by atoms with Crippen molar-refractivity contribution < 1.29 is 23.8 Å². The predicted molar refractivity (Wildman–Crippen MR) is 127 cm³/mol. The molecule has 5 rings (SSSR count). The van der Waals surface area contributed by atoms with Crippen LogP contribution in [0, 0.1) is 19.7 Å². The molecule has 2 aromatic heterocycles. The van der Waals surface area contributed by atoms with Crippen LogP contribution in [0.3, 0.4) is 0 Å². The molecule has 2 fully saturated rings. The maximum Gasteiger partial charge on any atom is 0.295 e. The number of morpholine rings is 1. The summed E-state index contributed by atoms with van der Waals surface area (Å²) in [4.78, 5) is 34.7. The maximum absolute atomic E-state index is 14.2. The summed E-state index contributed by atoms with van der Waals surface area (Å²) in [5.41, 5.74) is 2.78. The maximum atomic E-state index is 14.2. The first kappa shape index (κ1) is 23.2. The molecule has 1 amide bonds. The zero-order valence-electron chi connectivity index (χ0n) is 19.7. The molecule has 2 aliphatic heterocycles. The lowest BCUT2D eigenvalue weighted by Crippen LogP contribution is -2.42. The van der Waals surface area contributed by atoms with E-state index in [1.54, 1.807) is 23.6 Å². The van der Waals surface area contributed by atoms with E-state index < -0.39 is 23.5 Å². The zero-order chi connectivity index (χ0) is 24.7. The fraction of sp³-hybridized carbons (Fsp3) is 0.346. The van der Waals surface area contributed by atoms with E-state index >= 15 is 0 Å². The average molecular weight is 479 g/mol. The van der Waals surface area contributed by atoms with E-state index in [1.165, 1.54) is 23.1 Å². The van der Waals surface area contributed by atoms with Gasteiger partial charge in [-0.15, -0.1) is 0 Å². The van der Waals surface area contributed by atoms with Crippen LogP contribution in [0.2, 0.25) is 0 Å². The van der Waals surface area contributed by atoms with E-state index in [4.69, 9.17) is 4.74 Å².